The Balaban J connectivity index is 2.13. The molecule has 2 N–H and O–H groups in total. The summed E-state index contributed by atoms with van der Waals surface area (Å²) in [5, 5.41) is 0. The molecule has 0 aromatic heterocycles. The van der Waals surface area contributed by atoms with E-state index in [2.05, 4.69) is 0 Å². The van der Waals surface area contributed by atoms with E-state index in [0.717, 1.165) is 5.92 Å². The summed E-state index contributed by atoms with van der Waals surface area (Å²) in [6.07, 6.45) is 6.86. The maximum atomic E-state index is 5.38. The summed E-state index contributed by atoms with van der Waals surface area (Å²) in [6, 6.07) is 0. The van der Waals surface area contributed by atoms with E-state index >= 15 is 0 Å². The van der Waals surface area contributed by atoms with Crippen molar-refractivity contribution in [1.82, 2.24) is 0 Å². The van der Waals surface area contributed by atoms with Gasteiger partial charge in [0.1, 0.15) is 0 Å². The van der Waals surface area contributed by atoms with E-state index in [-0.39, 0.29) is 0 Å². The van der Waals surface area contributed by atoms with Gasteiger partial charge in [-0.15, -0.1) is 0 Å². The number of hydrogen-bond donors (Lipinski definition) is 1. The molecule has 1 aliphatic rings. The van der Waals surface area contributed by atoms with Crippen molar-refractivity contribution in [3.05, 3.63) is 6.54 Å². The molecule has 47 valence electrons. The van der Waals surface area contributed by atoms with Gasteiger partial charge in [-0.3, -0.25) is 0 Å². The van der Waals surface area contributed by atoms with Crippen molar-refractivity contribution in [2.24, 2.45) is 11.7 Å². The van der Waals surface area contributed by atoms with Crippen molar-refractivity contribution in [3.63, 3.8) is 0 Å². The molecule has 1 rings (SSSR count). The predicted molar refractivity (Wildman–Crippen MR) is 35.1 cm³/mol. The zero-order valence-electron chi connectivity index (χ0n) is 5.27. The lowest BCUT2D eigenvalue weighted by atomic mass is 9.90. The molecule has 0 amide bonds. The highest BCUT2D eigenvalue weighted by Crippen LogP contribution is 2.23. The van der Waals surface area contributed by atoms with E-state index < -0.39 is 0 Å². The van der Waals surface area contributed by atoms with Crippen molar-refractivity contribution in [2.45, 2.75) is 32.1 Å². The van der Waals surface area contributed by atoms with E-state index in [1.165, 1.54) is 32.1 Å². The maximum absolute atomic E-state index is 5.38. The van der Waals surface area contributed by atoms with Gasteiger partial charge in [0.15, 0.2) is 0 Å². The monoisotopic (exact) mass is 112 g/mol. The Bertz CT molecular complexity index is 55.4. The third-order valence-corrected chi connectivity index (χ3v) is 1.92. The SMILES string of the molecule is N[CH]C1CCCCC1. The lowest BCUT2D eigenvalue weighted by Gasteiger charge is -2.18. The van der Waals surface area contributed by atoms with E-state index in [9.17, 15) is 0 Å². The van der Waals surface area contributed by atoms with Crippen LogP contribution in [0.2, 0.25) is 0 Å². The van der Waals surface area contributed by atoms with Crippen LogP contribution in [0.4, 0.5) is 0 Å². The van der Waals surface area contributed by atoms with E-state index in [0.29, 0.717) is 0 Å². The smallest absolute Gasteiger partial charge is 0.0223 e. The van der Waals surface area contributed by atoms with Gasteiger partial charge in [0.2, 0.25) is 0 Å². The molecule has 1 fully saturated rings. The Morgan fingerprint density at radius 1 is 1.12 bits per heavy atom. The Labute approximate surface area is 51.3 Å². The van der Waals surface area contributed by atoms with Gasteiger partial charge in [-0.2, -0.15) is 0 Å². The lowest BCUT2D eigenvalue weighted by molar-refractivity contribution is 0.396. The van der Waals surface area contributed by atoms with Crippen LogP contribution in [-0.2, 0) is 0 Å². The van der Waals surface area contributed by atoms with Crippen molar-refractivity contribution >= 4 is 0 Å². The summed E-state index contributed by atoms with van der Waals surface area (Å²) in [4.78, 5) is 0. The number of hydrogen-bond acceptors (Lipinski definition) is 1. The summed E-state index contributed by atoms with van der Waals surface area (Å²) >= 11 is 0. The Morgan fingerprint density at radius 2 is 1.75 bits per heavy atom. The molecule has 0 aromatic rings. The molecule has 0 unspecified atom stereocenters. The highest BCUT2D eigenvalue weighted by molar-refractivity contribution is 4.73. The average molecular weight is 112 g/mol. The fourth-order valence-corrected chi connectivity index (χ4v) is 1.33. The molecular weight excluding hydrogens is 98.1 g/mol. The molecule has 0 bridgehead atoms. The van der Waals surface area contributed by atoms with E-state index in [4.69, 9.17) is 5.73 Å². The van der Waals surface area contributed by atoms with Gasteiger partial charge in [-0.05, 0) is 18.8 Å². The minimum Gasteiger partial charge on any atom is -0.326 e. The Kier molecular flexibility index (Phi) is 2.34. The molecule has 1 heteroatoms. The van der Waals surface area contributed by atoms with Gasteiger partial charge in [0, 0.05) is 6.54 Å². The molecule has 0 heterocycles. The standard InChI is InChI=1S/C7H14N/c8-6-7-4-2-1-3-5-7/h6-7H,1-5,8H2. The molecule has 0 spiro atoms. The van der Waals surface area contributed by atoms with Gasteiger partial charge in [0.05, 0.1) is 0 Å². The zero-order valence-corrected chi connectivity index (χ0v) is 5.27. The largest absolute Gasteiger partial charge is 0.326 e. The van der Waals surface area contributed by atoms with Crippen LogP contribution in [0.25, 0.3) is 0 Å². The first-order valence-corrected chi connectivity index (χ1v) is 3.48. The fraction of sp³-hybridized carbons (Fsp3) is 0.857. The normalized spacial score (nSPS) is 23.6. The minimum atomic E-state index is 0.740. The molecule has 0 aliphatic heterocycles. The summed E-state index contributed by atoms with van der Waals surface area (Å²) in [7, 11) is 0. The first-order valence-electron chi connectivity index (χ1n) is 3.48. The van der Waals surface area contributed by atoms with Crippen LogP contribution in [0.1, 0.15) is 32.1 Å². The van der Waals surface area contributed by atoms with Crippen LogP contribution < -0.4 is 5.73 Å². The molecule has 1 nitrogen and oxygen atoms in total. The van der Waals surface area contributed by atoms with Crippen LogP contribution in [-0.4, -0.2) is 0 Å². The first-order chi connectivity index (χ1) is 3.93. The number of nitrogens with two attached hydrogens (primary N) is 1. The second-order valence-corrected chi connectivity index (χ2v) is 2.59. The van der Waals surface area contributed by atoms with Gasteiger partial charge >= 0.3 is 0 Å². The molecule has 0 saturated heterocycles. The van der Waals surface area contributed by atoms with Crippen LogP contribution in [0.5, 0.6) is 0 Å². The summed E-state index contributed by atoms with van der Waals surface area (Å²) in [5.74, 6) is 0.740. The molecular formula is C7H14N. The fourth-order valence-electron chi connectivity index (χ4n) is 1.33. The van der Waals surface area contributed by atoms with Crippen molar-refractivity contribution in [2.75, 3.05) is 0 Å². The zero-order chi connectivity index (χ0) is 5.82. The molecule has 1 aliphatic carbocycles. The van der Waals surface area contributed by atoms with Crippen LogP contribution in [0, 0.1) is 12.5 Å². The van der Waals surface area contributed by atoms with Gasteiger partial charge in [-0.1, -0.05) is 19.3 Å². The Morgan fingerprint density at radius 3 is 2.12 bits per heavy atom. The summed E-state index contributed by atoms with van der Waals surface area (Å²) < 4.78 is 0. The van der Waals surface area contributed by atoms with Crippen LogP contribution in [0.3, 0.4) is 0 Å². The average Bonchev–Trinajstić information content (AvgIpc) is 1.90. The third-order valence-electron chi connectivity index (χ3n) is 1.92. The highest BCUT2D eigenvalue weighted by atomic mass is 14.5. The Hall–Kier alpha value is -0.0400. The minimum absolute atomic E-state index is 0.740. The van der Waals surface area contributed by atoms with Gasteiger partial charge in [-0.25, -0.2) is 0 Å². The molecule has 8 heavy (non-hydrogen) atoms. The topological polar surface area (TPSA) is 26.0 Å². The molecule has 1 saturated carbocycles. The van der Waals surface area contributed by atoms with Crippen molar-refractivity contribution in [1.29, 1.82) is 0 Å². The lowest BCUT2D eigenvalue weighted by Crippen LogP contribution is -2.11. The summed E-state index contributed by atoms with van der Waals surface area (Å²) in [5.41, 5.74) is 5.38. The van der Waals surface area contributed by atoms with Crippen molar-refractivity contribution in [3.8, 4) is 0 Å². The highest BCUT2D eigenvalue weighted by Gasteiger charge is 2.10. The van der Waals surface area contributed by atoms with Gasteiger partial charge < -0.3 is 5.73 Å². The van der Waals surface area contributed by atoms with E-state index in [1.807, 2.05) is 6.54 Å². The summed E-state index contributed by atoms with van der Waals surface area (Å²) in [6.45, 7) is 1.86. The first kappa shape index (κ1) is 6.09. The number of rotatable bonds is 1. The second-order valence-electron chi connectivity index (χ2n) is 2.59. The van der Waals surface area contributed by atoms with Gasteiger partial charge in [0.25, 0.3) is 0 Å². The molecule has 1 radical (unpaired) electrons. The van der Waals surface area contributed by atoms with Crippen molar-refractivity contribution < 1.29 is 0 Å². The predicted octanol–water partition coefficient (Wildman–Crippen LogP) is 1.69. The quantitative estimate of drug-likeness (QED) is 0.548. The maximum Gasteiger partial charge on any atom is 0.0223 e. The second kappa shape index (κ2) is 3.08. The molecule has 0 atom stereocenters. The molecule has 0 aromatic carbocycles. The third kappa shape index (κ3) is 1.48. The van der Waals surface area contributed by atoms with Crippen LogP contribution >= 0.6 is 0 Å². The van der Waals surface area contributed by atoms with Crippen LogP contribution in [0.15, 0.2) is 0 Å². The van der Waals surface area contributed by atoms with E-state index in [1.54, 1.807) is 0 Å².